The number of esters is 5. The Morgan fingerprint density at radius 2 is 1.09 bits per heavy atom. The van der Waals surface area contributed by atoms with Crippen LogP contribution in [0.25, 0.3) is 0 Å². The molecule has 15 nitrogen and oxygen atoms in total. The number of ether oxygens (including phenoxy) is 7. The Balaban J connectivity index is 0.000000442. The van der Waals surface area contributed by atoms with Crippen LogP contribution in [-0.4, -0.2) is 112 Å². The third-order valence-electron chi connectivity index (χ3n) is 7.94. The zero-order valence-corrected chi connectivity index (χ0v) is 34.3. The molecule has 0 aliphatic rings. The smallest absolute Gasteiger partial charge is 0.341 e. The molecular weight excluding hydrogens is 744 g/mol. The van der Waals surface area contributed by atoms with Crippen molar-refractivity contribution in [3.05, 3.63) is 94.0 Å². The number of hydrogen-bond donors (Lipinski definition) is 3. The lowest BCUT2D eigenvalue weighted by atomic mass is 9.85. The summed E-state index contributed by atoms with van der Waals surface area (Å²) in [6.45, 7) is 11.6. The van der Waals surface area contributed by atoms with Crippen LogP contribution in [0.2, 0.25) is 0 Å². The van der Waals surface area contributed by atoms with Crippen molar-refractivity contribution in [2.45, 2.75) is 78.1 Å². The summed E-state index contributed by atoms with van der Waals surface area (Å²) in [5.41, 5.74) is 1.89. The first-order chi connectivity index (χ1) is 26.9. The van der Waals surface area contributed by atoms with Crippen molar-refractivity contribution in [2.24, 2.45) is 0 Å². The molecule has 3 aromatic carbocycles. The molecule has 0 radical (unpaired) electrons. The van der Waals surface area contributed by atoms with Gasteiger partial charge in [0.1, 0.15) is 36.4 Å². The molecule has 0 aromatic heterocycles. The van der Waals surface area contributed by atoms with E-state index in [1.165, 1.54) is 64.8 Å². The zero-order chi connectivity index (χ0) is 43.3. The van der Waals surface area contributed by atoms with E-state index >= 15 is 0 Å². The van der Waals surface area contributed by atoms with Crippen molar-refractivity contribution in [3.63, 3.8) is 0 Å². The van der Waals surface area contributed by atoms with Crippen LogP contribution in [0.4, 0.5) is 0 Å². The second kappa shape index (κ2) is 24.9. The highest BCUT2D eigenvalue weighted by molar-refractivity contribution is 6.03. The summed E-state index contributed by atoms with van der Waals surface area (Å²) in [6, 6.07) is 15.3. The number of aliphatic hydroxyl groups is 2. The van der Waals surface area contributed by atoms with Gasteiger partial charge in [-0.2, -0.15) is 0 Å². The number of carbonyl (C=O) groups excluding carboxylic acids is 5. The van der Waals surface area contributed by atoms with Gasteiger partial charge in [-0.15, -0.1) is 0 Å². The number of phenolic OH excluding ortho intramolecular Hbond substituents is 1. The number of carbonyl (C=O) groups is 5. The van der Waals surface area contributed by atoms with Gasteiger partial charge in [0.05, 0.1) is 62.4 Å². The quantitative estimate of drug-likeness (QED) is 0.125. The summed E-state index contributed by atoms with van der Waals surface area (Å²) in [5, 5.41) is 28.0. The Hall–Kier alpha value is -5.51. The molecule has 0 bridgehead atoms. The number of benzene rings is 3. The highest BCUT2D eigenvalue weighted by atomic mass is 16.6. The monoisotopic (exact) mass is 800 g/mol. The molecule has 0 saturated carbocycles. The maximum absolute atomic E-state index is 12.4. The summed E-state index contributed by atoms with van der Waals surface area (Å²) in [5.74, 6) is -2.47. The predicted octanol–water partition coefficient (Wildman–Crippen LogP) is 5.69. The van der Waals surface area contributed by atoms with Crippen LogP contribution in [0.1, 0.15) is 112 Å². The highest BCUT2D eigenvalue weighted by Crippen LogP contribution is 2.26. The average Bonchev–Trinajstić information content (AvgIpc) is 3.20. The molecule has 3 unspecified atom stereocenters. The topological polar surface area (TPSA) is 211 Å². The molecular formula is C42H56O15. The minimum absolute atomic E-state index is 0.0615. The first-order valence-corrected chi connectivity index (χ1v) is 18.1. The van der Waals surface area contributed by atoms with E-state index in [2.05, 4.69) is 4.74 Å². The van der Waals surface area contributed by atoms with Gasteiger partial charge in [-0.05, 0) is 79.3 Å². The molecule has 3 aromatic rings. The fraction of sp³-hybridized carbons (Fsp3) is 0.452. The molecule has 0 amide bonds. The molecule has 3 N–H and O–H groups in total. The van der Waals surface area contributed by atoms with E-state index in [0.29, 0.717) is 18.6 Å². The van der Waals surface area contributed by atoms with Crippen molar-refractivity contribution in [3.8, 4) is 11.5 Å². The van der Waals surface area contributed by atoms with Gasteiger partial charge in [0.15, 0.2) is 0 Å². The van der Waals surface area contributed by atoms with Crippen LogP contribution in [0.3, 0.4) is 0 Å². The van der Waals surface area contributed by atoms with E-state index in [1.807, 2.05) is 26.8 Å². The number of rotatable bonds is 15. The van der Waals surface area contributed by atoms with E-state index in [9.17, 15) is 39.3 Å². The normalized spacial score (nSPS) is 12.1. The minimum Gasteiger partial charge on any atom is -0.507 e. The molecule has 3 rings (SSSR count). The van der Waals surface area contributed by atoms with Gasteiger partial charge in [-0.25, -0.2) is 24.0 Å². The molecule has 0 heterocycles. The van der Waals surface area contributed by atoms with Crippen molar-refractivity contribution in [2.75, 3.05) is 48.3 Å². The van der Waals surface area contributed by atoms with Crippen molar-refractivity contribution in [1.29, 1.82) is 0 Å². The lowest BCUT2D eigenvalue weighted by Gasteiger charge is -2.21. The van der Waals surface area contributed by atoms with E-state index in [4.69, 9.17) is 28.4 Å². The number of aliphatic hydroxyl groups excluding tert-OH is 2. The highest BCUT2D eigenvalue weighted by Gasteiger charge is 2.24. The molecule has 314 valence electrons. The van der Waals surface area contributed by atoms with Gasteiger partial charge in [0.25, 0.3) is 0 Å². The van der Waals surface area contributed by atoms with E-state index < -0.39 is 48.2 Å². The van der Waals surface area contributed by atoms with Crippen molar-refractivity contribution in [1.82, 2.24) is 0 Å². The van der Waals surface area contributed by atoms with Crippen LogP contribution < -0.4 is 4.74 Å². The van der Waals surface area contributed by atoms with Gasteiger partial charge < -0.3 is 48.5 Å². The second-order valence-corrected chi connectivity index (χ2v) is 13.4. The summed E-state index contributed by atoms with van der Waals surface area (Å²) < 4.78 is 34.2. The standard InChI is InChI=1S/C17H24O5.C16H22O6.C9H10O4/c1-11(10-20-5)22-16(19)14-9-12(17(2,3)4)7-8-13(14)15(18)21-6;1-3-13(17)9-21-15(19)11-5-7-12(8-6-11)16(20)22-10-14(18)4-2;1-12-6-3-4-7(8(10)5-6)9(11)13-2/h7-9,11H,10H2,1-6H3;5-8,13-14,17-18H,3-4,9-10H2,1-2H3;3-5,10H,1-2H3. The van der Waals surface area contributed by atoms with Crippen LogP contribution in [0.5, 0.6) is 11.5 Å². The third-order valence-corrected chi connectivity index (χ3v) is 7.94. The van der Waals surface area contributed by atoms with Gasteiger partial charge in [-0.1, -0.05) is 40.7 Å². The fourth-order valence-corrected chi connectivity index (χ4v) is 4.39. The van der Waals surface area contributed by atoms with Crippen LogP contribution in [-0.2, 0) is 33.8 Å². The molecule has 0 saturated heterocycles. The molecule has 0 aliphatic heterocycles. The van der Waals surface area contributed by atoms with Gasteiger partial charge in [0, 0.05) is 13.2 Å². The summed E-state index contributed by atoms with van der Waals surface area (Å²) in [4.78, 5) is 58.7. The zero-order valence-electron chi connectivity index (χ0n) is 34.3. The van der Waals surface area contributed by atoms with Gasteiger partial charge >= 0.3 is 29.8 Å². The van der Waals surface area contributed by atoms with Crippen LogP contribution in [0.15, 0.2) is 60.7 Å². The first kappa shape index (κ1) is 49.5. The van der Waals surface area contributed by atoms with Crippen molar-refractivity contribution >= 4 is 29.8 Å². The summed E-state index contributed by atoms with van der Waals surface area (Å²) in [7, 11) is 5.55. The lowest BCUT2D eigenvalue weighted by Crippen LogP contribution is -2.22. The number of phenols is 1. The minimum atomic E-state index is -0.678. The maximum atomic E-state index is 12.4. The Bertz CT molecular complexity index is 1700. The van der Waals surface area contributed by atoms with Gasteiger partial charge in [0.2, 0.25) is 0 Å². The van der Waals surface area contributed by atoms with E-state index in [0.717, 1.165) is 5.56 Å². The number of aromatic hydroxyl groups is 1. The maximum Gasteiger partial charge on any atom is 0.341 e. The fourth-order valence-electron chi connectivity index (χ4n) is 4.39. The molecule has 3 atom stereocenters. The second-order valence-electron chi connectivity index (χ2n) is 13.4. The summed E-state index contributed by atoms with van der Waals surface area (Å²) in [6.07, 6.45) is -0.753. The number of hydrogen-bond acceptors (Lipinski definition) is 15. The SMILES string of the molecule is CCC(O)COC(=O)c1ccc(C(=O)OCC(O)CC)cc1.COC(=O)c1ccc(OC)cc1O.COCC(C)OC(=O)c1cc(C(C)(C)C)ccc1C(=O)OC. The molecule has 0 spiro atoms. The van der Waals surface area contributed by atoms with Crippen LogP contribution in [0, 0.1) is 0 Å². The Kier molecular flexibility index (Phi) is 21.6. The largest absolute Gasteiger partial charge is 0.507 e. The Morgan fingerprint density at radius 3 is 1.49 bits per heavy atom. The predicted molar refractivity (Wildman–Crippen MR) is 209 cm³/mol. The molecule has 0 fully saturated rings. The lowest BCUT2D eigenvalue weighted by molar-refractivity contribution is 0.0116. The Labute approximate surface area is 333 Å². The average molecular weight is 801 g/mol. The van der Waals surface area contributed by atoms with Crippen molar-refractivity contribution < 1.29 is 72.5 Å². The first-order valence-electron chi connectivity index (χ1n) is 18.1. The molecule has 0 aliphatic carbocycles. The Morgan fingerprint density at radius 1 is 0.614 bits per heavy atom. The third kappa shape index (κ3) is 17.0. The molecule has 57 heavy (non-hydrogen) atoms. The number of methoxy groups -OCH3 is 4. The van der Waals surface area contributed by atoms with E-state index in [1.54, 1.807) is 39.0 Å². The van der Waals surface area contributed by atoms with Gasteiger partial charge in [-0.3, -0.25) is 0 Å². The molecule has 15 heteroatoms. The van der Waals surface area contributed by atoms with E-state index in [-0.39, 0.29) is 58.8 Å². The summed E-state index contributed by atoms with van der Waals surface area (Å²) >= 11 is 0. The van der Waals surface area contributed by atoms with Crippen LogP contribution >= 0.6 is 0 Å².